The Morgan fingerprint density at radius 2 is 1.78 bits per heavy atom. The van der Waals surface area contributed by atoms with Gasteiger partial charge in [-0.05, 0) is 29.0 Å². The van der Waals surface area contributed by atoms with Crippen molar-refractivity contribution in [3.05, 3.63) is 77.9 Å². The van der Waals surface area contributed by atoms with Crippen LogP contribution in [0.1, 0.15) is 16.1 Å². The number of furan rings is 1. The molecule has 0 radical (unpaired) electrons. The number of carbonyl (C=O) groups is 2. The number of benzene rings is 2. The first kappa shape index (κ1) is 14.6. The topological polar surface area (TPSA) is 82.4 Å². The Morgan fingerprint density at radius 3 is 2.52 bits per heavy atom. The molecule has 0 bridgehead atoms. The number of hydrogen-bond acceptors (Lipinski definition) is 4. The van der Waals surface area contributed by atoms with E-state index in [1.54, 1.807) is 30.3 Å². The standard InChI is InChI=1S/C18H13NO4/c20-17(15-9-3-6-12-5-1-2-8-14(12)15)19-16(18(21)22)11-13-7-4-10-23-13/h1-11H,(H,19,20)(H,21,22)/p-1/b16-11+. The zero-order chi connectivity index (χ0) is 16.2. The second-order valence-corrected chi connectivity index (χ2v) is 4.84. The summed E-state index contributed by atoms with van der Waals surface area (Å²) in [5, 5.41) is 15.2. The van der Waals surface area contributed by atoms with Crippen LogP contribution in [-0.4, -0.2) is 11.9 Å². The highest BCUT2D eigenvalue weighted by molar-refractivity contribution is 6.10. The molecule has 0 aliphatic carbocycles. The Balaban J connectivity index is 1.94. The normalized spacial score (nSPS) is 11.4. The lowest BCUT2D eigenvalue weighted by atomic mass is 10.0. The predicted molar refractivity (Wildman–Crippen MR) is 83.1 cm³/mol. The van der Waals surface area contributed by atoms with Gasteiger partial charge in [-0.25, -0.2) is 0 Å². The first-order valence-corrected chi connectivity index (χ1v) is 6.91. The second kappa shape index (κ2) is 6.19. The van der Waals surface area contributed by atoms with E-state index < -0.39 is 11.9 Å². The van der Waals surface area contributed by atoms with Gasteiger partial charge in [0.15, 0.2) is 0 Å². The second-order valence-electron chi connectivity index (χ2n) is 4.84. The van der Waals surface area contributed by atoms with Crippen molar-refractivity contribution in [2.75, 3.05) is 0 Å². The van der Waals surface area contributed by atoms with Crippen molar-refractivity contribution in [1.82, 2.24) is 5.32 Å². The van der Waals surface area contributed by atoms with E-state index in [2.05, 4.69) is 5.32 Å². The molecule has 1 aromatic heterocycles. The smallest absolute Gasteiger partial charge is 0.256 e. The van der Waals surface area contributed by atoms with Crippen LogP contribution in [0.5, 0.6) is 0 Å². The van der Waals surface area contributed by atoms with Gasteiger partial charge in [-0.3, -0.25) is 4.79 Å². The molecule has 0 saturated heterocycles. The van der Waals surface area contributed by atoms with Crippen LogP contribution in [0.2, 0.25) is 0 Å². The van der Waals surface area contributed by atoms with Gasteiger partial charge < -0.3 is 19.6 Å². The first-order chi connectivity index (χ1) is 11.1. The third kappa shape index (κ3) is 3.13. The fourth-order valence-electron chi connectivity index (χ4n) is 2.27. The maximum atomic E-state index is 12.4. The molecule has 0 spiro atoms. The van der Waals surface area contributed by atoms with E-state index in [0.717, 1.165) is 10.8 Å². The van der Waals surface area contributed by atoms with Crippen LogP contribution in [-0.2, 0) is 4.79 Å². The fraction of sp³-hybridized carbons (Fsp3) is 0. The minimum atomic E-state index is -1.49. The molecule has 114 valence electrons. The summed E-state index contributed by atoms with van der Waals surface area (Å²) in [5.74, 6) is -1.71. The molecule has 0 fully saturated rings. The molecule has 1 heterocycles. The van der Waals surface area contributed by atoms with Gasteiger partial charge in [-0.2, -0.15) is 0 Å². The van der Waals surface area contributed by atoms with Gasteiger partial charge >= 0.3 is 0 Å². The number of hydrogen-bond donors (Lipinski definition) is 1. The Morgan fingerprint density at radius 1 is 1.00 bits per heavy atom. The Labute approximate surface area is 131 Å². The van der Waals surface area contributed by atoms with Gasteiger partial charge in [0.2, 0.25) is 0 Å². The Kier molecular flexibility index (Phi) is 3.93. The van der Waals surface area contributed by atoms with Gasteiger partial charge in [0.1, 0.15) is 5.76 Å². The summed E-state index contributed by atoms with van der Waals surface area (Å²) in [6.45, 7) is 0. The molecule has 1 amide bonds. The predicted octanol–water partition coefficient (Wildman–Crippen LogP) is 1.95. The van der Waals surface area contributed by atoms with E-state index in [9.17, 15) is 14.7 Å². The van der Waals surface area contributed by atoms with Crippen molar-refractivity contribution in [3.63, 3.8) is 0 Å². The van der Waals surface area contributed by atoms with Crippen molar-refractivity contribution >= 4 is 28.7 Å². The van der Waals surface area contributed by atoms with Gasteiger partial charge in [0.05, 0.1) is 17.9 Å². The van der Waals surface area contributed by atoms with Crippen LogP contribution < -0.4 is 10.4 Å². The molecule has 5 heteroatoms. The average molecular weight is 306 g/mol. The van der Waals surface area contributed by atoms with Crippen LogP contribution in [0.3, 0.4) is 0 Å². The zero-order valence-corrected chi connectivity index (χ0v) is 12.0. The molecule has 0 unspecified atom stereocenters. The Hall–Kier alpha value is -3.34. The molecule has 23 heavy (non-hydrogen) atoms. The van der Waals surface area contributed by atoms with E-state index in [1.807, 2.05) is 24.3 Å². The number of amides is 1. The molecule has 2 aromatic carbocycles. The van der Waals surface area contributed by atoms with Crippen LogP contribution in [0.15, 0.2) is 71.0 Å². The number of carboxylic acid groups (broad SMARTS) is 1. The number of aliphatic carboxylic acids is 1. The lowest BCUT2D eigenvalue weighted by molar-refractivity contribution is -0.299. The van der Waals surface area contributed by atoms with Crippen LogP contribution in [0.25, 0.3) is 16.8 Å². The van der Waals surface area contributed by atoms with Crippen LogP contribution >= 0.6 is 0 Å². The third-order valence-electron chi connectivity index (χ3n) is 3.33. The van der Waals surface area contributed by atoms with E-state index in [-0.39, 0.29) is 5.70 Å². The van der Waals surface area contributed by atoms with Gasteiger partial charge in [0.25, 0.3) is 5.91 Å². The van der Waals surface area contributed by atoms with Crippen molar-refractivity contribution in [1.29, 1.82) is 0 Å². The highest BCUT2D eigenvalue weighted by Crippen LogP contribution is 2.18. The third-order valence-corrected chi connectivity index (χ3v) is 3.33. The molecule has 0 atom stereocenters. The van der Waals surface area contributed by atoms with Gasteiger partial charge in [0, 0.05) is 11.6 Å². The quantitative estimate of drug-likeness (QED) is 0.747. The van der Waals surface area contributed by atoms with Crippen molar-refractivity contribution in [2.45, 2.75) is 0 Å². The molecule has 0 aliphatic heterocycles. The zero-order valence-electron chi connectivity index (χ0n) is 12.0. The monoisotopic (exact) mass is 306 g/mol. The summed E-state index contributed by atoms with van der Waals surface area (Å²) < 4.78 is 5.05. The van der Waals surface area contributed by atoms with Crippen LogP contribution in [0.4, 0.5) is 0 Å². The lowest BCUT2D eigenvalue weighted by Gasteiger charge is -2.12. The summed E-state index contributed by atoms with van der Waals surface area (Å²) in [6, 6.07) is 15.8. The van der Waals surface area contributed by atoms with Crippen molar-refractivity contribution < 1.29 is 19.1 Å². The largest absolute Gasteiger partial charge is 0.543 e. The highest BCUT2D eigenvalue weighted by atomic mass is 16.4. The molecule has 3 rings (SSSR count). The van der Waals surface area contributed by atoms with E-state index in [0.29, 0.717) is 11.3 Å². The molecular formula is C18H12NO4-. The lowest BCUT2D eigenvalue weighted by Crippen LogP contribution is -2.35. The van der Waals surface area contributed by atoms with Gasteiger partial charge in [-0.15, -0.1) is 0 Å². The number of nitrogens with one attached hydrogen (secondary N) is 1. The number of carbonyl (C=O) groups excluding carboxylic acids is 2. The number of rotatable bonds is 4. The van der Waals surface area contributed by atoms with E-state index in [4.69, 9.17) is 4.42 Å². The van der Waals surface area contributed by atoms with Crippen LogP contribution in [0, 0.1) is 0 Å². The molecule has 3 aromatic rings. The summed E-state index contributed by atoms with van der Waals surface area (Å²) in [4.78, 5) is 23.6. The molecule has 0 aliphatic rings. The van der Waals surface area contributed by atoms with E-state index in [1.165, 1.54) is 12.3 Å². The van der Waals surface area contributed by atoms with Crippen molar-refractivity contribution in [2.24, 2.45) is 0 Å². The molecule has 5 nitrogen and oxygen atoms in total. The average Bonchev–Trinajstić information content (AvgIpc) is 3.06. The summed E-state index contributed by atoms with van der Waals surface area (Å²) in [7, 11) is 0. The minimum Gasteiger partial charge on any atom is -0.543 e. The maximum absolute atomic E-state index is 12.4. The Bertz CT molecular complexity index is 889. The summed E-state index contributed by atoms with van der Waals surface area (Å²) >= 11 is 0. The molecular weight excluding hydrogens is 294 g/mol. The van der Waals surface area contributed by atoms with Crippen molar-refractivity contribution in [3.8, 4) is 0 Å². The number of carboxylic acids is 1. The fourth-order valence-corrected chi connectivity index (χ4v) is 2.27. The first-order valence-electron chi connectivity index (χ1n) is 6.91. The SMILES string of the molecule is O=C([O-])/C(=C\c1ccco1)NC(=O)c1cccc2ccccc12. The minimum absolute atomic E-state index is 0.308. The molecule has 0 saturated carbocycles. The summed E-state index contributed by atoms with van der Waals surface area (Å²) in [5.41, 5.74) is 0.0209. The summed E-state index contributed by atoms with van der Waals surface area (Å²) in [6.07, 6.45) is 2.61. The van der Waals surface area contributed by atoms with Gasteiger partial charge in [-0.1, -0.05) is 36.4 Å². The highest BCUT2D eigenvalue weighted by Gasteiger charge is 2.12. The molecule has 1 N–H and O–H groups in total. The number of fused-ring (bicyclic) bond motifs is 1. The maximum Gasteiger partial charge on any atom is 0.256 e. The van der Waals surface area contributed by atoms with E-state index >= 15 is 0 Å².